The van der Waals surface area contributed by atoms with Crippen molar-refractivity contribution < 1.29 is 19.8 Å². The Morgan fingerprint density at radius 3 is 1.90 bits per heavy atom. The molecule has 1 aromatic carbocycles. The summed E-state index contributed by atoms with van der Waals surface area (Å²) in [5, 5.41) is 23.1. The van der Waals surface area contributed by atoms with Crippen molar-refractivity contribution in [2.45, 2.75) is 20.0 Å². The summed E-state index contributed by atoms with van der Waals surface area (Å²) in [5.41, 5.74) is 0.290. The lowest BCUT2D eigenvalue weighted by atomic mass is 10.1. The molecule has 0 aliphatic rings. The number of hydrogen-bond donors (Lipinski definition) is 0. The fourth-order valence-corrected chi connectivity index (χ4v) is 2.52. The van der Waals surface area contributed by atoms with Gasteiger partial charge in [0, 0.05) is 28.7 Å². The monoisotopic (exact) mass is 332 g/mol. The van der Waals surface area contributed by atoms with E-state index in [1.165, 1.54) is 18.2 Å². The molecule has 0 N–H and O–H groups in total. The van der Waals surface area contributed by atoms with Gasteiger partial charge in [-0.25, -0.2) is 0 Å². The Hall–Kier alpha value is -1.66. The summed E-state index contributed by atoms with van der Waals surface area (Å²) in [6, 6.07) is 4.40. The van der Waals surface area contributed by atoms with Gasteiger partial charge >= 0.3 is 0 Å². The number of hydrogen-bond acceptors (Lipinski definition) is 4. The number of rotatable bonds is 5. The van der Waals surface area contributed by atoms with Crippen molar-refractivity contribution in [3.63, 3.8) is 0 Å². The molecule has 8 heteroatoms. The number of carbonyl (C=O) groups is 2. The highest BCUT2D eigenvalue weighted by atomic mass is 35.5. The summed E-state index contributed by atoms with van der Waals surface area (Å²) >= 11 is 11.9. The van der Waals surface area contributed by atoms with Crippen LogP contribution in [0.5, 0.6) is 0 Å². The maximum absolute atomic E-state index is 11.3. The van der Waals surface area contributed by atoms with Crippen molar-refractivity contribution in [3.05, 3.63) is 33.8 Å². The first-order chi connectivity index (χ1) is 9.83. The molecule has 0 saturated carbocycles. The predicted octanol–water partition coefficient (Wildman–Crippen LogP) is 1.32. The smallest absolute Gasteiger partial charge is 0.138 e. The Morgan fingerprint density at radius 2 is 1.57 bits per heavy atom. The molecule has 6 nitrogen and oxygen atoms in total. The van der Waals surface area contributed by atoms with Gasteiger partial charge in [-0.2, -0.15) is 0 Å². The number of halogens is 2. The second-order valence-electron chi connectivity index (χ2n) is 4.14. The SMILES string of the molecule is CCN(C(=O)[O-])C(c1ccc(Cl)cc1Cl)N(CC)C(=O)[O-]. The Bertz CT molecular complexity index is 517. The molecule has 0 bridgehead atoms. The molecular formula is C13H14Cl2N2O4-2. The van der Waals surface area contributed by atoms with E-state index in [0.29, 0.717) is 5.02 Å². The first-order valence-electron chi connectivity index (χ1n) is 6.23. The summed E-state index contributed by atoms with van der Waals surface area (Å²) in [5.74, 6) is 0. The largest absolute Gasteiger partial charge is 0.530 e. The van der Waals surface area contributed by atoms with Crippen molar-refractivity contribution in [1.82, 2.24) is 9.80 Å². The molecular weight excluding hydrogens is 319 g/mol. The quantitative estimate of drug-likeness (QED) is 0.761. The van der Waals surface area contributed by atoms with Crippen LogP contribution in [-0.2, 0) is 0 Å². The molecule has 21 heavy (non-hydrogen) atoms. The van der Waals surface area contributed by atoms with Crippen LogP contribution in [0.4, 0.5) is 9.59 Å². The second-order valence-corrected chi connectivity index (χ2v) is 4.99. The zero-order valence-corrected chi connectivity index (χ0v) is 13.0. The Labute approximate surface area is 132 Å². The topological polar surface area (TPSA) is 86.7 Å². The molecule has 0 heterocycles. The second kappa shape index (κ2) is 7.38. The van der Waals surface area contributed by atoms with Crippen LogP contribution in [-0.4, -0.2) is 35.1 Å². The van der Waals surface area contributed by atoms with E-state index >= 15 is 0 Å². The third-order valence-corrected chi connectivity index (χ3v) is 3.54. The lowest BCUT2D eigenvalue weighted by molar-refractivity contribution is -0.282. The molecule has 0 aliphatic carbocycles. The summed E-state index contributed by atoms with van der Waals surface area (Å²) in [4.78, 5) is 24.3. The van der Waals surface area contributed by atoms with Crippen molar-refractivity contribution >= 4 is 35.4 Å². The minimum atomic E-state index is -1.51. The predicted molar refractivity (Wildman–Crippen MR) is 74.8 cm³/mol. The van der Waals surface area contributed by atoms with Crippen LogP contribution in [0, 0.1) is 0 Å². The number of carboxylic acid groups (broad SMARTS) is 2. The third kappa shape index (κ3) is 3.92. The maximum atomic E-state index is 11.3. The molecule has 0 aliphatic heterocycles. The summed E-state index contributed by atoms with van der Waals surface area (Å²) < 4.78 is 0. The van der Waals surface area contributed by atoms with Crippen LogP contribution in [0.3, 0.4) is 0 Å². The van der Waals surface area contributed by atoms with Crippen LogP contribution < -0.4 is 10.2 Å². The van der Waals surface area contributed by atoms with Gasteiger partial charge in [-0.3, -0.25) is 0 Å². The van der Waals surface area contributed by atoms with E-state index in [2.05, 4.69) is 0 Å². The molecule has 0 spiro atoms. The normalized spacial score (nSPS) is 10.5. The minimum Gasteiger partial charge on any atom is -0.530 e. The molecule has 1 aromatic rings. The zero-order valence-electron chi connectivity index (χ0n) is 11.5. The fraction of sp³-hybridized carbons (Fsp3) is 0.385. The molecule has 116 valence electrons. The van der Waals surface area contributed by atoms with Gasteiger partial charge in [-0.15, -0.1) is 0 Å². The van der Waals surface area contributed by atoms with Crippen molar-refractivity contribution in [3.8, 4) is 0 Å². The maximum Gasteiger partial charge on any atom is 0.138 e. The average Bonchev–Trinajstić information content (AvgIpc) is 2.38. The molecule has 0 radical (unpaired) electrons. The highest BCUT2D eigenvalue weighted by Gasteiger charge is 2.27. The fourth-order valence-electron chi connectivity index (χ4n) is 2.02. The third-order valence-electron chi connectivity index (χ3n) is 2.98. The Morgan fingerprint density at radius 1 is 1.10 bits per heavy atom. The van der Waals surface area contributed by atoms with E-state index in [0.717, 1.165) is 9.80 Å². The van der Waals surface area contributed by atoms with Crippen LogP contribution in [0.2, 0.25) is 10.0 Å². The first-order valence-corrected chi connectivity index (χ1v) is 6.99. The molecule has 0 fully saturated rings. The molecule has 2 amide bonds. The van der Waals surface area contributed by atoms with E-state index in [1.54, 1.807) is 13.8 Å². The van der Waals surface area contributed by atoms with Crippen LogP contribution in [0.15, 0.2) is 18.2 Å². The van der Waals surface area contributed by atoms with Gasteiger partial charge in [0.1, 0.15) is 18.4 Å². The van der Waals surface area contributed by atoms with E-state index < -0.39 is 18.4 Å². The average molecular weight is 333 g/mol. The first kappa shape index (κ1) is 17.4. The molecule has 0 aromatic heterocycles. The number of carbonyl (C=O) groups excluding carboxylic acids is 2. The van der Waals surface area contributed by atoms with E-state index in [1.807, 2.05) is 0 Å². The summed E-state index contributed by atoms with van der Waals surface area (Å²) in [6.45, 7) is 3.18. The van der Waals surface area contributed by atoms with Gasteiger partial charge < -0.3 is 29.6 Å². The van der Waals surface area contributed by atoms with Crippen molar-refractivity contribution in [1.29, 1.82) is 0 Å². The van der Waals surface area contributed by atoms with Gasteiger partial charge in [0.2, 0.25) is 0 Å². The van der Waals surface area contributed by atoms with Crippen molar-refractivity contribution in [2.75, 3.05) is 13.1 Å². The minimum absolute atomic E-state index is 0.0235. The van der Waals surface area contributed by atoms with Crippen LogP contribution in [0.25, 0.3) is 0 Å². The van der Waals surface area contributed by atoms with Gasteiger partial charge in [-0.1, -0.05) is 29.3 Å². The Balaban J connectivity index is 3.42. The van der Waals surface area contributed by atoms with Crippen LogP contribution >= 0.6 is 23.2 Å². The lowest BCUT2D eigenvalue weighted by Gasteiger charge is -2.42. The highest BCUT2D eigenvalue weighted by molar-refractivity contribution is 6.35. The summed E-state index contributed by atoms with van der Waals surface area (Å²) in [6.07, 6.45) is -4.17. The van der Waals surface area contributed by atoms with Gasteiger partial charge in [0.25, 0.3) is 0 Å². The number of nitrogens with zero attached hydrogens (tertiary/aromatic N) is 2. The van der Waals surface area contributed by atoms with E-state index in [4.69, 9.17) is 23.2 Å². The van der Waals surface area contributed by atoms with Gasteiger partial charge in [0.15, 0.2) is 0 Å². The number of benzene rings is 1. The Kier molecular flexibility index (Phi) is 6.11. The molecule has 0 saturated heterocycles. The van der Waals surface area contributed by atoms with E-state index in [9.17, 15) is 19.8 Å². The van der Waals surface area contributed by atoms with Crippen molar-refractivity contribution in [2.24, 2.45) is 0 Å². The molecule has 0 atom stereocenters. The van der Waals surface area contributed by atoms with Gasteiger partial charge in [-0.05, 0) is 26.0 Å². The zero-order chi connectivity index (χ0) is 16.2. The van der Waals surface area contributed by atoms with Crippen LogP contribution in [0.1, 0.15) is 25.6 Å². The van der Waals surface area contributed by atoms with Gasteiger partial charge in [0.05, 0.1) is 0 Å². The van der Waals surface area contributed by atoms with E-state index in [-0.39, 0.29) is 23.7 Å². The number of amides is 2. The lowest BCUT2D eigenvalue weighted by Crippen LogP contribution is -2.54. The highest BCUT2D eigenvalue weighted by Crippen LogP contribution is 2.32. The summed E-state index contributed by atoms with van der Waals surface area (Å²) in [7, 11) is 0. The standard InChI is InChI=1S/C13H16Cl2N2O4/c1-3-16(12(18)19)11(17(4-2)13(20)21)9-6-5-8(14)7-10(9)15/h5-7,11H,3-4H2,1-2H3,(H,18,19)(H,20,21)/p-2. The molecule has 0 unspecified atom stereocenters. The molecule has 1 rings (SSSR count).